The lowest BCUT2D eigenvalue weighted by atomic mass is 9.73. The Hall–Kier alpha value is -3.12. The van der Waals surface area contributed by atoms with Crippen LogP contribution in [0.5, 0.6) is 0 Å². The predicted octanol–water partition coefficient (Wildman–Crippen LogP) is 4.65. The highest BCUT2D eigenvalue weighted by Gasteiger charge is 2.38. The van der Waals surface area contributed by atoms with Gasteiger partial charge in [-0.05, 0) is 38.2 Å². The van der Waals surface area contributed by atoms with Gasteiger partial charge in [0.25, 0.3) is 0 Å². The molecule has 13 heteroatoms. The van der Waals surface area contributed by atoms with Crippen molar-refractivity contribution in [2.75, 3.05) is 23.8 Å². The molecule has 198 valence electrons. The Morgan fingerprint density at radius 3 is 2.68 bits per heavy atom. The van der Waals surface area contributed by atoms with E-state index in [0.717, 1.165) is 12.1 Å². The molecule has 3 heterocycles. The van der Waals surface area contributed by atoms with E-state index in [1.807, 2.05) is 6.92 Å². The molecule has 2 aromatic heterocycles. The summed E-state index contributed by atoms with van der Waals surface area (Å²) in [7, 11) is 0. The molecule has 2 fully saturated rings. The summed E-state index contributed by atoms with van der Waals surface area (Å²) in [6.45, 7) is 2.27. The minimum absolute atomic E-state index is 0.00336. The van der Waals surface area contributed by atoms with Crippen molar-refractivity contribution in [2.24, 2.45) is 11.1 Å². The first-order chi connectivity index (χ1) is 17.6. The van der Waals surface area contributed by atoms with Crippen LogP contribution in [0.15, 0.2) is 18.3 Å². The molecule has 0 radical (unpaired) electrons. The summed E-state index contributed by atoms with van der Waals surface area (Å²) in [5, 5.41) is 5.79. The maximum absolute atomic E-state index is 14.6. The van der Waals surface area contributed by atoms with Crippen molar-refractivity contribution in [2.45, 2.75) is 57.3 Å². The Balaban J connectivity index is 1.54. The predicted molar refractivity (Wildman–Crippen MR) is 133 cm³/mol. The molecule has 4 N–H and O–H groups in total. The number of halogens is 4. The van der Waals surface area contributed by atoms with Crippen LogP contribution in [0.3, 0.4) is 0 Å². The Morgan fingerprint density at radius 2 is 2.00 bits per heavy atom. The zero-order valence-corrected chi connectivity index (χ0v) is 20.9. The SMILES string of the molecule is C[C@]1(C(N)=O)CC[C@@H](n2c(Nc3c(F)cc(F)cc3Cl)nc3cnc(N[C@H]4CCOC[C@H]4F)nc32)CC1. The highest BCUT2D eigenvalue weighted by Crippen LogP contribution is 2.43. The number of ether oxygens (including phenoxy) is 1. The summed E-state index contributed by atoms with van der Waals surface area (Å²) < 4.78 is 49.5. The topological polar surface area (TPSA) is 120 Å². The molecule has 5 rings (SSSR count). The van der Waals surface area contributed by atoms with Gasteiger partial charge in [0.1, 0.15) is 17.5 Å². The number of hydrogen-bond donors (Lipinski definition) is 3. The highest BCUT2D eigenvalue weighted by atomic mass is 35.5. The van der Waals surface area contributed by atoms with Crippen molar-refractivity contribution < 1.29 is 22.7 Å². The highest BCUT2D eigenvalue weighted by molar-refractivity contribution is 6.33. The van der Waals surface area contributed by atoms with Crippen LogP contribution >= 0.6 is 11.6 Å². The van der Waals surface area contributed by atoms with Crippen molar-refractivity contribution >= 4 is 46.3 Å². The fraction of sp³-hybridized carbons (Fsp3) is 0.500. The molecule has 1 saturated carbocycles. The molecular formula is C24H27ClF3N7O2. The maximum Gasteiger partial charge on any atom is 0.225 e. The van der Waals surface area contributed by atoms with E-state index in [9.17, 15) is 18.0 Å². The van der Waals surface area contributed by atoms with Crippen LogP contribution in [0.1, 0.15) is 45.1 Å². The molecule has 0 spiro atoms. The Labute approximate surface area is 215 Å². The summed E-state index contributed by atoms with van der Waals surface area (Å²) in [5.74, 6) is -1.59. The summed E-state index contributed by atoms with van der Waals surface area (Å²) in [4.78, 5) is 25.5. The average molecular weight is 538 g/mol. The maximum atomic E-state index is 14.6. The first kappa shape index (κ1) is 25.5. The van der Waals surface area contributed by atoms with Gasteiger partial charge in [0.15, 0.2) is 11.5 Å². The molecule has 3 aromatic rings. The van der Waals surface area contributed by atoms with Gasteiger partial charge in [0.2, 0.25) is 17.8 Å². The van der Waals surface area contributed by atoms with Gasteiger partial charge >= 0.3 is 0 Å². The molecule has 0 unspecified atom stereocenters. The minimum atomic E-state index is -1.21. The second kappa shape index (κ2) is 9.97. The van der Waals surface area contributed by atoms with Crippen LogP contribution in [0.4, 0.5) is 30.8 Å². The Morgan fingerprint density at radius 1 is 1.24 bits per heavy atom. The number of benzene rings is 1. The summed E-state index contributed by atoms with van der Waals surface area (Å²) >= 11 is 6.13. The second-order valence-corrected chi connectivity index (χ2v) is 10.3. The van der Waals surface area contributed by atoms with E-state index in [-0.39, 0.29) is 41.2 Å². The third-order valence-corrected chi connectivity index (χ3v) is 7.59. The minimum Gasteiger partial charge on any atom is -0.378 e. The molecule has 1 aromatic carbocycles. The van der Waals surface area contributed by atoms with Gasteiger partial charge in [-0.3, -0.25) is 9.36 Å². The van der Waals surface area contributed by atoms with Crippen LogP contribution < -0.4 is 16.4 Å². The number of nitrogens with two attached hydrogens (primary N) is 1. The van der Waals surface area contributed by atoms with Gasteiger partial charge in [0, 0.05) is 24.1 Å². The molecule has 1 saturated heterocycles. The molecule has 1 aliphatic carbocycles. The van der Waals surface area contributed by atoms with Crippen LogP contribution in [0.25, 0.3) is 11.2 Å². The standard InChI is InChI=1S/C24H27ClF3N7O2/c1-24(21(29)36)5-2-13(3-6-24)35-20-18(10-30-22(34-20)31-17-4-7-37-11-16(17)28)32-23(35)33-19-14(25)8-12(26)9-15(19)27/h8-10,13,16-17H,2-7,11H2,1H3,(H2,29,36)(H,32,33)(H,30,31,34)/t13-,16-,17+,24+/m1/s1. The number of carbonyl (C=O) groups excluding carboxylic acids is 1. The summed E-state index contributed by atoms with van der Waals surface area (Å²) in [5.41, 5.74) is 5.72. The van der Waals surface area contributed by atoms with E-state index < -0.39 is 29.3 Å². The molecule has 2 aliphatic rings. The van der Waals surface area contributed by atoms with Crippen molar-refractivity contribution in [1.29, 1.82) is 0 Å². The number of nitrogens with zero attached hydrogens (tertiary/aromatic N) is 4. The molecule has 2 atom stereocenters. The van der Waals surface area contributed by atoms with E-state index in [1.165, 1.54) is 6.20 Å². The molecule has 1 aliphatic heterocycles. The number of hydrogen-bond acceptors (Lipinski definition) is 7. The molecule has 1 amide bonds. The van der Waals surface area contributed by atoms with Gasteiger partial charge < -0.3 is 21.1 Å². The van der Waals surface area contributed by atoms with Crippen molar-refractivity contribution in [3.8, 4) is 0 Å². The molecular weight excluding hydrogens is 511 g/mol. The lowest BCUT2D eigenvalue weighted by Gasteiger charge is -2.35. The van der Waals surface area contributed by atoms with Gasteiger partial charge in [0.05, 0.1) is 29.6 Å². The van der Waals surface area contributed by atoms with Crippen molar-refractivity contribution in [3.05, 3.63) is 35.0 Å². The lowest BCUT2D eigenvalue weighted by molar-refractivity contribution is -0.128. The number of anilines is 3. The molecule has 9 nitrogen and oxygen atoms in total. The number of imidazole rings is 1. The lowest BCUT2D eigenvalue weighted by Crippen LogP contribution is -2.39. The van der Waals surface area contributed by atoms with Crippen LogP contribution in [-0.4, -0.2) is 50.9 Å². The largest absolute Gasteiger partial charge is 0.378 e. The zero-order chi connectivity index (χ0) is 26.3. The summed E-state index contributed by atoms with van der Waals surface area (Å²) in [6.07, 6.45) is 3.00. The van der Waals surface area contributed by atoms with Gasteiger partial charge in [-0.2, -0.15) is 4.98 Å². The third-order valence-electron chi connectivity index (χ3n) is 7.30. The van der Waals surface area contributed by atoms with Crippen LogP contribution in [0.2, 0.25) is 5.02 Å². The smallest absolute Gasteiger partial charge is 0.225 e. The fourth-order valence-corrected chi connectivity index (χ4v) is 5.19. The molecule has 0 bridgehead atoms. The van der Waals surface area contributed by atoms with E-state index in [2.05, 4.69) is 25.6 Å². The van der Waals surface area contributed by atoms with E-state index >= 15 is 0 Å². The van der Waals surface area contributed by atoms with Gasteiger partial charge in [-0.15, -0.1) is 0 Å². The second-order valence-electron chi connectivity index (χ2n) is 9.86. The number of rotatable bonds is 6. The third kappa shape index (κ3) is 5.04. The number of aromatic nitrogens is 4. The normalized spacial score (nSPS) is 26.2. The Bertz CT molecular complexity index is 1310. The first-order valence-corrected chi connectivity index (χ1v) is 12.5. The zero-order valence-electron chi connectivity index (χ0n) is 20.1. The number of amides is 1. The quantitative estimate of drug-likeness (QED) is 0.419. The van der Waals surface area contributed by atoms with Gasteiger partial charge in [-0.25, -0.2) is 23.1 Å². The average Bonchev–Trinajstić information content (AvgIpc) is 3.20. The van der Waals surface area contributed by atoms with E-state index in [4.69, 9.17) is 22.1 Å². The van der Waals surface area contributed by atoms with Crippen LogP contribution in [-0.2, 0) is 9.53 Å². The molecule has 37 heavy (non-hydrogen) atoms. The monoisotopic (exact) mass is 537 g/mol. The number of carbonyl (C=O) groups is 1. The van der Waals surface area contributed by atoms with Crippen LogP contribution in [0, 0.1) is 17.0 Å². The number of fused-ring (bicyclic) bond motifs is 1. The number of alkyl halides is 1. The number of nitrogens with one attached hydrogen (secondary N) is 2. The first-order valence-electron chi connectivity index (χ1n) is 12.1. The summed E-state index contributed by atoms with van der Waals surface area (Å²) in [6, 6.07) is 1.06. The van der Waals surface area contributed by atoms with E-state index in [0.29, 0.717) is 49.9 Å². The van der Waals surface area contributed by atoms with Crippen molar-refractivity contribution in [3.63, 3.8) is 0 Å². The van der Waals surface area contributed by atoms with Gasteiger partial charge in [-0.1, -0.05) is 18.5 Å². The Kier molecular flexibility index (Phi) is 6.88. The number of primary amides is 1. The van der Waals surface area contributed by atoms with Crippen molar-refractivity contribution in [1.82, 2.24) is 19.5 Å². The fourth-order valence-electron chi connectivity index (χ4n) is 4.94. The van der Waals surface area contributed by atoms with E-state index in [1.54, 1.807) is 4.57 Å².